The van der Waals surface area contributed by atoms with E-state index in [1.807, 2.05) is 18.2 Å². The predicted octanol–water partition coefficient (Wildman–Crippen LogP) is 2.24. The van der Waals surface area contributed by atoms with Gasteiger partial charge >= 0.3 is 0 Å². The van der Waals surface area contributed by atoms with Crippen molar-refractivity contribution in [3.05, 3.63) is 53.3 Å². The Kier molecular flexibility index (Phi) is 2.54. The molecule has 1 aromatic carbocycles. The van der Waals surface area contributed by atoms with Crippen molar-refractivity contribution in [2.45, 2.75) is 12.8 Å². The SMILES string of the molecule is O=C1c2ccncc2C(=O)N1c1ccc2c(c1)CCCN2. The Hall–Kier alpha value is -2.69. The number of rotatable bonds is 1. The first-order valence-corrected chi connectivity index (χ1v) is 6.95. The van der Waals surface area contributed by atoms with Gasteiger partial charge in [0.15, 0.2) is 0 Å². The first-order chi connectivity index (χ1) is 10.3. The molecule has 5 nitrogen and oxygen atoms in total. The molecule has 2 aliphatic rings. The van der Waals surface area contributed by atoms with Crippen LogP contribution in [-0.2, 0) is 6.42 Å². The summed E-state index contributed by atoms with van der Waals surface area (Å²) >= 11 is 0. The predicted molar refractivity (Wildman–Crippen MR) is 78.6 cm³/mol. The third-order valence-electron chi connectivity index (χ3n) is 3.97. The van der Waals surface area contributed by atoms with Crippen LogP contribution in [0, 0.1) is 0 Å². The van der Waals surface area contributed by atoms with E-state index in [1.54, 1.807) is 6.07 Å². The molecule has 0 unspecified atom stereocenters. The number of fused-ring (bicyclic) bond motifs is 2. The maximum absolute atomic E-state index is 12.4. The molecular formula is C16H13N3O2. The van der Waals surface area contributed by atoms with Crippen molar-refractivity contribution in [1.29, 1.82) is 0 Å². The topological polar surface area (TPSA) is 62.3 Å². The van der Waals surface area contributed by atoms with Crippen molar-refractivity contribution in [3.63, 3.8) is 0 Å². The minimum Gasteiger partial charge on any atom is -0.385 e. The van der Waals surface area contributed by atoms with Gasteiger partial charge in [-0.15, -0.1) is 0 Å². The maximum Gasteiger partial charge on any atom is 0.267 e. The minimum absolute atomic E-state index is 0.277. The molecule has 0 atom stereocenters. The lowest BCUT2D eigenvalue weighted by molar-refractivity contribution is 0.0926. The second-order valence-electron chi connectivity index (χ2n) is 5.24. The van der Waals surface area contributed by atoms with E-state index in [9.17, 15) is 9.59 Å². The number of benzene rings is 1. The van der Waals surface area contributed by atoms with Crippen LogP contribution in [0.2, 0.25) is 0 Å². The number of pyridine rings is 1. The summed E-state index contributed by atoms with van der Waals surface area (Å²) in [6.45, 7) is 0.963. The van der Waals surface area contributed by atoms with Crippen LogP contribution >= 0.6 is 0 Å². The third-order valence-corrected chi connectivity index (χ3v) is 3.97. The van der Waals surface area contributed by atoms with Crippen LogP contribution in [0.5, 0.6) is 0 Å². The molecule has 3 heterocycles. The number of aromatic nitrogens is 1. The summed E-state index contributed by atoms with van der Waals surface area (Å²) in [6, 6.07) is 7.27. The van der Waals surface area contributed by atoms with Gasteiger partial charge < -0.3 is 5.32 Å². The highest BCUT2D eigenvalue weighted by molar-refractivity contribution is 6.34. The number of hydrogen-bond donors (Lipinski definition) is 1. The standard InChI is InChI=1S/C16H13N3O2/c20-15-12-5-7-17-9-13(12)16(21)19(15)11-3-4-14-10(8-11)2-1-6-18-14/h3-5,7-9,18H,1-2,6H2. The largest absolute Gasteiger partial charge is 0.385 e. The van der Waals surface area contributed by atoms with Crippen molar-refractivity contribution < 1.29 is 9.59 Å². The Morgan fingerprint density at radius 3 is 2.81 bits per heavy atom. The maximum atomic E-state index is 12.4. The Labute approximate surface area is 121 Å². The fourth-order valence-corrected chi connectivity index (χ4v) is 2.92. The highest BCUT2D eigenvalue weighted by atomic mass is 16.2. The first kappa shape index (κ1) is 12.1. The van der Waals surface area contributed by atoms with E-state index in [4.69, 9.17) is 0 Å². The van der Waals surface area contributed by atoms with Crippen LogP contribution in [0.4, 0.5) is 11.4 Å². The lowest BCUT2D eigenvalue weighted by Crippen LogP contribution is -2.29. The summed E-state index contributed by atoms with van der Waals surface area (Å²) in [5, 5.41) is 3.32. The number of amides is 2. The lowest BCUT2D eigenvalue weighted by Gasteiger charge is -2.21. The number of carbonyl (C=O) groups is 2. The molecule has 21 heavy (non-hydrogen) atoms. The molecule has 0 saturated heterocycles. The molecule has 0 saturated carbocycles. The average molecular weight is 279 g/mol. The van der Waals surface area contributed by atoms with Crippen molar-refractivity contribution >= 4 is 23.2 Å². The Morgan fingerprint density at radius 1 is 1.10 bits per heavy atom. The Bertz CT molecular complexity index is 735. The molecule has 5 heteroatoms. The van der Waals surface area contributed by atoms with Gasteiger partial charge in [0.1, 0.15) is 0 Å². The molecule has 0 bridgehead atoms. The number of carbonyl (C=O) groups excluding carboxylic acids is 2. The molecule has 1 N–H and O–H groups in total. The van der Waals surface area contributed by atoms with Crippen molar-refractivity contribution in [2.24, 2.45) is 0 Å². The highest BCUT2D eigenvalue weighted by Gasteiger charge is 2.36. The van der Waals surface area contributed by atoms with Crippen LogP contribution in [0.15, 0.2) is 36.7 Å². The Balaban J connectivity index is 1.78. The fraction of sp³-hybridized carbons (Fsp3) is 0.188. The second kappa shape index (κ2) is 4.41. The van der Waals surface area contributed by atoms with E-state index >= 15 is 0 Å². The van der Waals surface area contributed by atoms with Gasteiger partial charge in [-0.3, -0.25) is 14.6 Å². The monoisotopic (exact) mass is 279 g/mol. The number of aryl methyl sites for hydroxylation is 1. The summed E-state index contributed by atoms with van der Waals surface area (Å²) in [5.41, 5.74) is 3.66. The van der Waals surface area contributed by atoms with Gasteiger partial charge in [-0.1, -0.05) is 0 Å². The molecule has 4 rings (SSSR count). The molecule has 0 aliphatic carbocycles. The van der Waals surface area contributed by atoms with E-state index in [0.29, 0.717) is 16.8 Å². The van der Waals surface area contributed by atoms with Crippen LogP contribution in [0.1, 0.15) is 32.7 Å². The number of imide groups is 1. The normalized spacial score (nSPS) is 16.5. The van der Waals surface area contributed by atoms with Gasteiger partial charge in [-0.2, -0.15) is 0 Å². The Morgan fingerprint density at radius 2 is 1.95 bits per heavy atom. The number of hydrogen-bond acceptors (Lipinski definition) is 4. The highest BCUT2D eigenvalue weighted by Crippen LogP contribution is 2.32. The van der Waals surface area contributed by atoms with Gasteiger partial charge in [0.05, 0.1) is 16.8 Å². The van der Waals surface area contributed by atoms with E-state index in [0.717, 1.165) is 30.6 Å². The van der Waals surface area contributed by atoms with Crippen molar-refractivity contribution in [3.8, 4) is 0 Å². The molecule has 0 spiro atoms. The summed E-state index contributed by atoms with van der Waals surface area (Å²) in [7, 11) is 0. The van der Waals surface area contributed by atoms with Gasteiger partial charge in [0, 0.05) is 24.6 Å². The molecule has 1 aromatic heterocycles. The van der Waals surface area contributed by atoms with E-state index < -0.39 is 0 Å². The summed E-state index contributed by atoms with van der Waals surface area (Å²) in [5.74, 6) is -0.576. The van der Waals surface area contributed by atoms with Crippen LogP contribution in [-0.4, -0.2) is 23.3 Å². The number of anilines is 2. The summed E-state index contributed by atoms with van der Waals surface area (Å²) in [6.07, 6.45) is 5.00. The van der Waals surface area contributed by atoms with E-state index in [2.05, 4.69) is 10.3 Å². The second-order valence-corrected chi connectivity index (χ2v) is 5.24. The first-order valence-electron chi connectivity index (χ1n) is 6.95. The van der Waals surface area contributed by atoms with Gasteiger partial charge in [-0.25, -0.2) is 4.90 Å². The van der Waals surface area contributed by atoms with Crippen LogP contribution in [0.3, 0.4) is 0 Å². The minimum atomic E-state index is -0.299. The summed E-state index contributed by atoms with van der Waals surface area (Å²) < 4.78 is 0. The van der Waals surface area contributed by atoms with E-state index in [1.165, 1.54) is 17.3 Å². The van der Waals surface area contributed by atoms with Crippen LogP contribution < -0.4 is 10.2 Å². The lowest BCUT2D eigenvalue weighted by atomic mass is 10.0. The molecule has 2 amide bonds. The quantitative estimate of drug-likeness (QED) is 0.813. The molecule has 2 aromatic rings. The smallest absolute Gasteiger partial charge is 0.267 e. The summed E-state index contributed by atoms with van der Waals surface area (Å²) in [4.78, 5) is 30.0. The zero-order valence-corrected chi connectivity index (χ0v) is 11.3. The zero-order chi connectivity index (χ0) is 14.4. The average Bonchev–Trinajstić information content (AvgIpc) is 2.79. The molecule has 0 radical (unpaired) electrons. The zero-order valence-electron chi connectivity index (χ0n) is 11.3. The number of nitrogens with zero attached hydrogens (tertiary/aromatic N) is 2. The van der Waals surface area contributed by atoms with Crippen LogP contribution in [0.25, 0.3) is 0 Å². The molecule has 0 fully saturated rings. The fourth-order valence-electron chi connectivity index (χ4n) is 2.92. The number of nitrogens with one attached hydrogen (secondary N) is 1. The van der Waals surface area contributed by atoms with E-state index in [-0.39, 0.29) is 11.8 Å². The van der Waals surface area contributed by atoms with Gasteiger partial charge in [0.2, 0.25) is 0 Å². The third kappa shape index (κ3) is 1.74. The van der Waals surface area contributed by atoms with Gasteiger partial charge in [-0.05, 0) is 42.7 Å². The molecule has 104 valence electrons. The van der Waals surface area contributed by atoms with Crippen molar-refractivity contribution in [1.82, 2.24) is 4.98 Å². The van der Waals surface area contributed by atoms with Crippen molar-refractivity contribution in [2.75, 3.05) is 16.8 Å². The molecule has 2 aliphatic heterocycles. The molecular weight excluding hydrogens is 266 g/mol. The van der Waals surface area contributed by atoms with Gasteiger partial charge in [0.25, 0.3) is 11.8 Å².